The lowest BCUT2D eigenvalue weighted by Gasteiger charge is -2.41. The van der Waals surface area contributed by atoms with Crippen LogP contribution in [0.3, 0.4) is 0 Å². The molecule has 2 aromatic rings. The van der Waals surface area contributed by atoms with Crippen molar-refractivity contribution in [2.24, 2.45) is 5.92 Å². The standard InChI is InChI=1S/C20H29FN6/c1-15(2)19(20-22-23-24-27(20)18-5-3-4-6-18)26-13-11-25(12-14-26)17-9-7-16(21)8-10-17/h7-10,15,18-19H,3-6,11-14H2,1-2H3/t19-/m0/s1. The van der Waals surface area contributed by atoms with Gasteiger partial charge in [0.05, 0.1) is 12.1 Å². The van der Waals surface area contributed by atoms with E-state index >= 15 is 0 Å². The highest BCUT2D eigenvalue weighted by Gasteiger charge is 2.33. The summed E-state index contributed by atoms with van der Waals surface area (Å²) in [6, 6.07) is 7.49. The van der Waals surface area contributed by atoms with Crippen molar-refractivity contribution in [3.63, 3.8) is 0 Å². The van der Waals surface area contributed by atoms with Gasteiger partial charge >= 0.3 is 0 Å². The lowest BCUT2D eigenvalue weighted by molar-refractivity contribution is 0.132. The molecule has 1 aliphatic heterocycles. The Bertz CT molecular complexity index is 729. The van der Waals surface area contributed by atoms with Gasteiger partial charge in [0.15, 0.2) is 5.82 Å². The topological polar surface area (TPSA) is 50.1 Å². The number of tetrazole rings is 1. The molecule has 1 aromatic carbocycles. The van der Waals surface area contributed by atoms with Crippen LogP contribution in [0.5, 0.6) is 0 Å². The van der Waals surface area contributed by atoms with Crippen molar-refractivity contribution in [2.75, 3.05) is 31.1 Å². The molecule has 7 heteroatoms. The minimum atomic E-state index is -0.184. The molecule has 1 atom stereocenters. The van der Waals surface area contributed by atoms with Crippen molar-refractivity contribution in [2.45, 2.75) is 51.6 Å². The fourth-order valence-electron chi connectivity index (χ4n) is 4.60. The fourth-order valence-corrected chi connectivity index (χ4v) is 4.60. The summed E-state index contributed by atoms with van der Waals surface area (Å²) in [7, 11) is 0. The van der Waals surface area contributed by atoms with E-state index in [-0.39, 0.29) is 11.9 Å². The quantitative estimate of drug-likeness (QED) is 0.805. The minimum absolute atomic E-state index is 0.184. The predicted molar refractivity (Wildman–Crippen MR) is 103 cm³/mol. The van der Waals surface area contributed by atoms with Gasteiger partial charge in [-0.2, -0.15) is 0 Å². The summed E-state index contributed by atoms with van der Waals surface area (Å²) in [5.74, 6) is 1.27. The smallest absolute Gasteiger partial charge is 0.168 e. The van der Waals surface area contributed by atoms with Gasteiger partial charge in [0.2, 0.25) is 0 Å². The van der Waals surface area contributed by atoms with Crippen molar-refractivity contribution in [3.8, 4) is 0 Å². The van der Waals surface area contributed by atoms with Crippen LogP contribution in [0.2, 0.25) is 0 Å². The highest BCUT2D eigenvalue weighted by atomic mass is 19.1. The van der Waals surface area contributed by atoms with E-state index in [9.17, 15) is 4.39 Å². The summed E-state index contributed by atoms with van der Waals surface area (Å²) >= 11 is 0. The van der Waals surface area contributed by atoms with Crippen LogP contribution >= 0.6 is 0 Å². The normalized spacial score (nSPS) is 20.5. The van der Waals surface area contributed by atoms with Gasteiger partial charge in [-0.15, -0.1) is 5.10 Å². The molecule has 4 rings (SSSR count). The first kappa shape index (κ1) is 18.3. The number of hydrogen-bond donors (Lipinski definition) is 0. The molecule has 0 amide bonds. The van der Waals surface area contributed by atoms with E-state index in [0.29, 0.717) is 12.0 Å². The molecule has 6 nitrogen and oxygen atoms in total. The Morgan fingerprint density at radius 2 is 1.67 bits per heavy atom. The monoisotopic (exact) mass is 372 g/mol. The van der Waals surface area contributed by atoms with Crippen LogP contribution in [-0.4, -0.2) is 51.3 Å². The molecule has 1 saturated heterocycles. The van der Waals surface area contributed by atoms with Gasteiger partial charge in [0.1, 0.15) is 5.82 Å². The first-order valence-corrected chi connectivity index (χ1v) is 10.2. The van der Waals surface area contributed by atoms with E-state index in [2.05, 4.69) is 43.9 Å². The number of nitrogens with zero attached hydrogens (tertiary/aromatic N) is 6. The van der Waals surface area contributed by atoms with E-state index in [1.54, 1.807) is 0 Å². The Labute approximate surface area is 160 Å². The Balaban J connectivity index is 1.48. The van der Waals surface area contributed by atoms with Crippen molar-refractivity contribution in [1.29, 1.82) is 0 Å². The highest BCUT2D eigenvalue weighted by Crippen LogP contribution is 2.34. The van der Waals surface area contributed by atoms with Gasteiger partial charge in [0, 0.05) is 31.9 Å². The second-order valence-electron chi connectivity index (χ2n) is 8.11. The molecule has 1 aliphatic carbocycles. The van der Waals surface area contributed by atoms with E-state index in [0.717, 1.165) is 37.7 Å². The Morgan fingerprint density at radius 3 is 2.30 bits per heavy atom. The summed E-state index contributed by atoms with van der Waals surface area (Å²) < 4.78 is 15.3. The average Bonchev–Trinajstić information content (AvgIpc) is 3.34. The highest BCUT2D eigenvalue weighted by molar-refractivity contribution is 5.46. The van der Waals surface area contributed by atoms with Crippen LogP contribution in [0, 0.1) is 11.7 Å². The second-order valence-corrected chi connectivity index (χ2v) is 8.11. The van der Waals surface area contributed by atoms with Crippen LogP contribution in [0.4, 0.5) is 10.1 Å². The van der Waals surface area contributed by atoms with Gasteiger partial charge in [-0.05, 0) is 53.5 Å². The maximum Gasteiger partial charge on any atom is 0.168 e. The minimum Gasteiger partial charge on any atom is -0.369 e. The zero-order valence-electron chi connectivity index (χ0n) is 16.3. The molecular formula is C20H29FN6. The van der Waals surface area contributed by atoms with Crippen molar-refractivity contribution in [3.05, 3.63) is 35.9 Å². The van der Waals surface area contributed by atoms with Crippen molar-refractivity contribution in [1.82, 2.24) is 25.1 Å². The zero-order chi connectivity index (χ0) is 18.8. The third-order valence-corrected chi connectivity index (χ3v) is 5.98. The maximum absolute atomic E-state index is 13.2. The number of halogens is 1. The van der Waals surface area contributed by atoms with Gasteiger partial charge in [-0.1, -0.05) is 26.7 Å². The number of rotatable bonds is 5. The Hall–Kier alpha value is -2.02. The molecular weight excluding hydrogens is 343 g/mol. The molecule has 1 aromatic heterocycles. The van der Waals surface area contributed by atoms with Crippen LogP contribution in [0.25, 0.3) is 0 Å². The summed E-state index contributed by atoms with van der Waals surface area (Å²) in [5.41, 5.74) is 1.09. The molecule has 2 fully saturated rings. The third kappa shape index (κ3) is 3.83. The second kappa shape index (κ2) is 7.92. The van der Waals surface area contributed by atoms with Crippen LogP contribution in [0.1, 0.15) is 57.4 Å². The zero-order valence-corrected chi connectivity index (χ0v) is 16.3. The SMILES string of the molecule is CC(C)[C@@H](c1nnnn1C1CCCC1)N1CCN(c2ccc(F)cc2)CC1. The molecule has 0 N–H and O–H groups in total. The fraction of sp³-hybridized carbons (Fsp3) is 0.650. The molecule has 2 heterocycles. The molecule has 27 heavy (non-hydrogen) atoms. The first-order valence-electron chi connectivity index (χ1n) is 10.2. The summed E-state index contributed by atoms with van der Waals surface area (Å²) in [5, 5.41) is 12.8. The summed E-state index contributed by atoms with van der Waals surface area (Å²) in [6.07, 6.45) is 4.90. The Morgan fingerprint density at radius 1 is 1.00 bits per heavy atom. The van der Waals surface area contributed by atoms with E-state index in [1.807, 2.05) is 12.1 Å². The van der Waals surface area contributed by atoms with Crippen LogP contribution in [-0.2, 0) is 0 Å². The van der Waals surface area contributed by atoms with Gasteiger partial charge in [-0.25, -0.2) is 9.07 Å². The van der Waals surface area contributed by atoms with E-state index in [1.165, 1.54) is 37.8 Å². The molecule has 146 valence electrons. The van der Waals surface area contributed by atoms with E-state index in [4.69, 9.17) is 0 Å². The van der Waals surface area contributed by atoms with Gasteiger partial charge < -0.3 is 4.90 Å². The number of aromatic nitrogens is 4. The Kier molecular flexibility index (Phi) is 5.38. The number of piperazine rings is 1. The van der Waals surface area contributed by atoms with Gasteiger partial charge in [0.25, 0.3) is 0 Å². The maximum atomic E-state index is 13.2. The third-order valence-electron chi connectivity index (χ3n) is 5.98. The average molecular weight is 372 g/mol. The predicted octanol–water partition coefficient (Wildman–Crippen LogP) is 3.45. The first-order chi connectivity index (χ1) is 13.1. The molecule has 0 unspecified atom stereocenters. The number of hydrogen-bond acceptors (Lipinski definition) is 5. The summed E-state index contributed by atoms with van der Waals surface area (Å²) in [6.45, 7) is 8.28. The van der Waals surface area contributed by atoms with E-state index < -0.39 is 0 Å². The number of benzene rings is 1. The van der Waals surface area contributed by atoms with Gasteiger partial charge in [-0.3, -0.25) is 4.90 Å². The van der Waals surface area contributed by atoms with Crippen LogP contribution in [0.15, 0.2) is 24.3 Å². The van der Waals surface area contributed by atoms with Crippen LogP contribution < -0.4 is 4.90 Å². The lowest BCUT2D eigenvalue weighted by Crippen LogP contribution is -2.49. The van der Waals surface area contributed by atoms with Crippen molar-refractivity contribution >= 4 is 5.69 Å². The lowest BCUT2D eigenvalue weighted by atomic mass is 10.00. The van der Waals surface area contributed by atoms with Crippen molar-refractivity contribution < 1.29 is 4.39 Å². The number of anilines is 1. The molecule has 2 aliphatic rings. The molecule has 0 radical (unpaired) electrons. The molecule has 0 bridgehead atoms. The molecule has 0 spiro atoms. The largest absolute Gasteiger partial charge is 0.369 e. The molecule has 1 saturated carbocycles. The summed E-state index contributed by atoms with van der Waals surface area (Å²) in [4.78, 5) is 4.84.